The van der Waals surface area contributed by atoms with Gasteiger partial charge < -0.3 is 16.4 Å². The van der Waals surface area contributed by atoms with Gasteiger partial charge in [0.1, 0.15) is 6.04 Å². The second kappa shape index (κ2) is 10.8. The molecule has 0 radical (unpaired) electrons. The number of hydroxylamine groups is 1. The number of hydrogen-bond donors (Lipinski definition) is 5. The minimum absolute atomic E-state index is 0.336. The molecule has 2 amide bonds. The first-order valence-electron chi connectivity index (χ1n) is 10.7. The first-order chi connectivity index (χ1) is 15.8. The van der Waals surface area contributed by atoms with Gasteiger partial charge in [-0.3, -0.25) is 14.8 Å². The lowest BCUT2D eigenvalue weighted by Crippen LogP contribution is -2.61. The van der Waals surface area contributed by atoms with Gasteiger partial charge in [-0.2, -0.15) is 0 Å². The van der Waals surface area contributed by atoms with E-state index >= 15 is 0 Å². The molecule has 6 N–H and O–H groups in total. The van der Waals surface area contributed by atoms with Crippen LogP contribution in [-0.4, -0.2) is 34.6 Å². The summed E-state index contributed by atoms with van der Waals surface area (Å²) in [5, 5.41) is 14.9. The van der Waals surface area contributed by atoms with Crippen molar-refractivity contribution in [2.45, 2.75) is 50.9 Å². The Kier molecular flexibility index (Phi) is 7.87. The average molecular weight is 445 g/mol. The van der Waals surface area contributed by atoms with Gasteiger partial charge in [-0.1, -0.05) is 24.0 Å². The standard InChI is InChI=1S/C26H28N4O3/c1-26(2,27)23(25(32)30-33)29-24(31)21-13-11-19(12-14-21)6-4-3-5-18-7-9-20(10-8-18)17-28-22-15-16-22/h7-14,22-23,28,33H,15-17,27H2,1-2H3,(H,29,31)(H,30,32)/t23-/m1/s1. The summed E-state index contributed by atoms with van der Waals surface area (Å²) >= 11 is 0. The molecule has 7 heteroatoms. The SMILES string of the molecule is CC(C)(N)[C@H](NC(=O)c1ccc(C#CC#Cc2ccc(CNC3CC3)cc2)cc1)C(=O)NO. The second-order valence-electron chi connectivity index (χ2n) is 8.63. The highest BCUT2D eigenvalue weighted by Crippen LogP contribution is 2.19. The number of carbonyl (C=O) groups excluding carboxylic acids is 2. The molecule has 1 atom stereocenters. The van der Waals surface area contributed by atoms with E-state index in [-0.39, 0.29) is 0 Å². The summed E-state index contributed by atoms with van der Waals surface area (Å²) in [6.45, 7) is 4.03. The molecule has 2 aromatic carbocycles. The zero-order valence-corrected chi connectivity index (χ0v) is 18.7. The highest BCUT2D eigenvalue weighted by atomic mass is 16.5. The van der Waals surface area contributed by atoms with Crippen molar-refractivity contribution in [1.82, 2.24) is 16.1 Å². The van der Waals surface area contributed by atoms with Crippen molar-refractivity contribution in [2.24, 2.45) is 5.73 Å². The quantitative estimate of drug-likeness (QED) is 0.253. The highest BCUT2D eigenvalue weighted by molar-refractivity contribution is 5.97. The zero-order chi connectivity index (χ0) is 23.8. The van der Waals surface area contributed by atoms with Gasteiger partial charge in [-0.15, -0.1) is 0 Å². The Bertz CT molecular complexity index is 1110. The normalized spacial score (nSPS) is 13.6. The molecule has 0 unspecified atom stereocenters. The molecule has 0 heterocycles. The molecular formula is C26H28N4O3. The fourth-order valence-corrected chi connectivity index (χ4v) is 3.04. The fraction of sp³-hybridized carbons (Fsp3) is 0.308. The molecular weight excluding hydrogens is 416 g/mol. The summed E-state index contributed by atoms with van der Waals surface area (Å²) in [5.74, 6) is 10.3. The molecule has 1 aliphatic carbocycles. The van der Waals surface area contributed by atoms with Crippen molar-refractivity contribution >= 4 is 11.8 Å². The molecule has 0 aromatic heterocycles. The highest BCUT2D eigenvalue weighted by Gasteiger charge is 2.33. The van der Waals surface area contributed by atoms with Gasteiger partial charge in [-0.25, -0.2) is 5.48 Å². The van der Waals surface area contributed by atoms with Crippen LogP contribution in [0.3, 0.4) is 0 Å². The first-order valence-corrected chi connectivity index (χ1v) is 10.7. The lowest BCUT2D eigenvalue weighted by molar-refractivity contribution is -0.132. The molecule has 7 nitrogen and oxygen atoms in total. The van der Waals surface area contributed by atoms with Crippen LogP contribution in [0.2, 0.25) is 0 Å². The van der Waals surface area contributed by atoms with Gasteiger partial charge in [0.25, 0.3) is 11.8 Å². The van der Waals surface area contributed by atoms with Crippen LogP contribution in [0.5, 0.6) is 0 Å². The van der Waals surface area contributed by atoms with Crippen LogP contribution in [0.15, 0.2) is 48.5 Å². The van der Waals surface area contributed by atoms with Crippen LogP contribution in [0.25, 0.3) is 0 Å². The summed E-state index contributed by atoms with van der Waals surface area (Å²) in [5.41, 5.74) is 9.56. The number of rotatable bonds is 7. The van der Waals surface area contributed by atoms with Gasteiger partial charge >= 0.3 is 0 Å². The lowest BCUT2D eigenvalue weighted by Gasteiger charge is -2.29. The third kappa shape index (κ3) is 7.48. The number of amides is 2. The molecule has 0 spiro atoms. The predicted octanol–water partition coefficient (Wildman–Crippen LogP) is 1.68. The maximum atomic E-state index is 12.5. The molecule has 1 fully saturated rings. The largest absolute Gasteiger partial charge is 0.338 e. The zero-order valence-electron chi connectivity index (χ0n) is 18.7. The second-order valence-corrected chi connectivity index (χ2v) is 8.63. The average Bonchev–Trinajstić information content (AvgIpc) is 3.63. The van der Waals surface area contributed by atoms with E-state index in [0.717, 1.165) is 12.1 Å². The third-order valence-corrected chi connectivity index (χ3v) is 5.14. The van der Waals surface area contributed by atoms with E-state index in [1.807, 2.05) is 12.1 Å². The van der Waals surface area contributed by atoms with Crippen molar-refractivity contribution in [3.05, 3.63) is 70.8 Å². The number of hydrogen-bond acceptors (Lipinski definition) is 5. The number of nitrogens with one attached hydrogen (secondary N) is 3. The van der Waals surface area contributed by atoms with E-state index in [1.54, 1.807) is 38.1 Å². The van der Waals surface area contributed by atoms with Gasteiger partial charge in [0.05, 0.1) is 0 Å². The molecule has 170 valence electrons. The Hall–Kier alpha value is -3.62. The van der Waals surface area contributed by atoms with Crippen LogP contribution in [0.4, 0.5) is 0 Å². The van der Waals surface area contributed by atoms with Crippen LogP contribution in [0.1, 0.15) is 53.7 Å². The van der Waals surface area contributed by atoms with Crippen molar-refractivity contribution < 1.29 is 14.8 Å². The van der Waals surface area contributed by atoms with Crippen molar-refractivity contribution in [3.63, 3.8) is 0 Å². The lowest BCUT2D eigenvalue weighted by atomic mass is 9.95. The molecule has 2 aromatic rings. The van der Waals surface area contributed by atoms with Crippen LogP contribution < -0.4 is 21.8 Å². The maximum Gasteiger partial charge on any atom is 0.267 e. The summed E-state index contributed by atoms with van der Waals surface area (Å²) in [6, 6.07) is 14.3. The molecule has 1 aliphatic rings. The van der Waals surface area contributed by atoms with E-state index in [9.17, 15) is 9.59 Å². The Morgan fingerprint density at radius 3 is 2.06 bits per heavy atom. The Labute approximate surface area is 194 Å². The Balaban J connectivity index is 1.57. The molecule has 1 saturated carbocycles. The first kappa shape index (κ1) is 24.0. The summed E-state index contributed by atoms with van der Waals surface area (Å²) in [7, 11) is 0. The van der Waals surface area contributed by atoms with Crippen LogP contribution in [-0.2, 0) is 11.3 Å². The smallest absolute Gasteiger partial charge is 0.267 e. The van der Waals surface area contributed by atoms with Gasteiger partial charge in [0.2, 0.25) is 0 Å². The molecule has 0 saturated heterocycles. The third-order valence-electron chi connectivity index (χ3n) is 5.14. The molecule has 0 aliphatic heterocycles. The summed E-state index contributed by atoms with van der Waals surface area (Å²) < 4.78 is 0. The minimum atomic E-state index is -1.10. The monoisotopic (exact) mass is 444 g/mol. The van der Waals surface area contributed by atoms with E-state index in [0.29, 0.717) is 17.2 Å². The number of nitrogens with two attached hydrogens (primary N) is 1. The topological polar surface area (TPSA) is 116 Å². The van der Waals surface area contributed by atoms with Gasteiger partial charge in [-0.05, 0) is 80.5 Å². The van der Waals surface area contributed by atoms with E-state index in [2.05, 4.69) is 46.4 Å². The van der Waals surface area contributed by atoms with Gasteiger partial charge in [0, 0.05) is 34.8 Å². The van der Waals surface area contributed by atoms with Crippen molar-refractivity contribution in [3.8, 4) is 23.7 Å². The predicted molar refractivity (Wildman–Crippen MR) is 126 cm³/mol. The van der Waals surface area contributed by atoms with Crippen LogP contribution in [0, 0.1) is 23.7 Å². The number of carbonyl (C=O) groups is 2. The number of benzene rings is 2. The summed E-state index contributed by atoms with van der Waals surface area (Å²) in [6.07, 6.45) is 2.54. The maximum absolute atomic E-state index is 12.5. The molecule has 3 rings (SSSR count). The Morgan fingerprint density at radius 2 is 1.58 bits per heavy atom. The molecule has 0 bridgehead atoms. The van der Waals surface area contributed by atoms with E-state index in [1.165, 1.54) is 23.9 Å². The van der Waals surface area contributed by atoms with Crippen LogP contribution >= 0.6 is 0 Å². The Morgan fingerprint density at radius 1 is 1.03 bits per heavy atom. The van der Waals surface area contributed by atoms with E-state index in [4.69, 9.17) is 10.9 Å². The summed E-state index contributed by atoms with van der Waals surface area (Å²) in [4.78, 5) is 24.3. The van der Waals surface area contributed by atoms with Crippen molar-refractivity contribution in [1.29, 1.82) is 0 Å². The minimum Gasteiger partial charge on any atom is -0.338 e. The fourth-order valence-electron chi connectivity index (χ4n) is 3.04. The van der Waals surface area contributed by atoms with E-state index < -0.39 is 23.4 Å². The molecule has 33 heavy (non-hydrogen) atoms. The van der Waals surface area contributed by atoms with Crippen molar-refractivity contribution in [2.75, 3.05) is 0 Å². The van der Waals surface area contributed by atoms with Gasteiger partial charge in [0.15, 0.2) is 0 Å².